The van der Waals surface area contributed by atoms with Crippen LogP contribution in [0.25, 0.3) is 11.0 Å². The molecule has 1 N–H and O–H groups in total. The van der Waals surface area contributed by atoms with Crippen molar-refractivity contribution in [3.63, 3.8) is 0 Å². The maximum atomic E-state index is 12.6. The topological polar surface area (TPSA) is 94.8 Å². The molecule has 0 fully saturated rings. The molecule has 7 nitrogen and oxygen atoms in total. The van der Waals surface area contributed by atoms with Gasteiger partial charge in [0.05, 0.1) is 0 Å². The van der Waals surface area contributed by atoms with Crippen LogP contribution in [0.2, 0.25) is 0 Å². The van der Waals surface area contributed by atoms with Gasteiger partial charge in [-0.3, -0.25) is 0 Å². The standard InChI is InChI=1S/C23H23NO6/c1-14(2)21(24-23(27)28-13-16-7-5-4-6-8-16)22(26)29-17-9-10-18-15(3)11-20(25)30-19(18)12-17/h4-12,14,21H,13H2,1-3H3,(H,24,27). The van der Waals surface area contributed by atoms with Crippen molar-refractivity contribution < 1.29 is 23.5 Å². The molecule has 1 amide bonds. The Balaban J connectivity index is 1.67. The van der Waals surface area contributed by atoms with Crippen LogP contribution in [-0.4, -0.2) is 18.1 Å². The third-order valence-corrected chi connectivity index (χ3v) is 4.55. The van der Waals surface area contributed by atoms with E-state index < -0.39 is 23.7 Å². The molecule has 7 heteroatoms. The molecule has 1 heterocycles. The molecular formula is C23H23NO6. The van der Waals surface area contributed by atoms with Gasteiger partial charge in [0.1, 0.15) is 24.0 Å². The van der Waals surface area contributed by atoms with E-state index in [0.717, 1.165) is 16.5 Å². The van der Waals surface area contributed by atoms with Gasteiger partial charge in [0.2, 0.25) is 0 Å². The summed E-state index contributed by atoms with van der Waals surface area (Å²) in [5.74, 6) is -0.662. The van der Waals surface area contributed by atoms with E-state index in [0.29, 0.717) is 5.58 Å². The quantitative estimate of drug-likeness (QED) is 0.376. The molecule has 1 unspecified atom stereocenters. The van der Waals surface area contributed by atoms with Crippen molar-refractivity contribution in [3.05, 3.63) is 76.1 Å². The van der Waals surface area contributed by atoms with E-state index in [1.165, 1.54) is 12.1 Å². The van der Waals surface area contributed by atoms with Gasteiger partial charge in [-0.15, -0.1) is 0 Å². The molecule has 0 saturated heterocycles. The molecule has 0 bridgehead atoms. The second-order valence-electron chi connectivity index (χ2n) is 7.26. The van der Waals surface area contributed by atoms with Crippen LogP contribution in [0.15, 0.2) is 63.8 Å². The minimum atomic E-state index is -0.909. The van der Waals surface area contributed by atoms with Gasteiger partial charge in [0.15, 0.2) is 0 Å². The Hall–Kier alpha value is -3.61. The first-order valence-electron chi connectivity index (χ1n) is 9.57. The predicted octanol–water partition coefficient (Wildman–Crippen LogP) is 3.96. The van der Waals surface area contributed by atoms with Gasteiger partial charge < -0.3 is 19.2 Å². The molecule has 0 aliphatic heterocycles. The zero-order chi connectivity index (χ0) is 21.7. The van der Waals surface area contributed by atoms with Gasteiger partial charge in [-0.2, -0.15) is 0 Å². The molecule has 3 aromatic rings. The average molecular weight is 409 g/mol. The molecule has 0 aliphatic carbocycles. The third kappa shape index (κ3) is 5.26. The Morgan fingerprint density at radius 1 is 1.07 bits per heavy atom. The molecule has 0 saturated carbocycles. The van der Waals surface area contributed by atoms with Gasteiger partial charge in [0.25, 0.3) is 0 Å². The summed E-state index contributed by atoms with van der Waals surface area (Å²) in [4.78, 5) is 36.4. The van der Waals surface area contributed by atoms with Gasteiger partial charge in [-0.1, -0.05) is 44.2 Å². The number of carbonyl (C=O) groups excluding carboxylic acids is 2. The molecule has 1 aromatic heterocycles. The Bertz CT molecular complexity index is 1100. The lowest BCUT2D eigenvalue weighted by molar-refractivity contribution is -0.137. The Morgan fingerprint density at radius 3 is 2.50 bits per heavy atom. The monoisotopic (exact) mass is 409 g/mol. The van der Waals surface area contributed by atoms with Crippen LogP contribution in [0.4, 0.5) is 4.79 Å². The number of alkyl carbamates (subject to hydrolysis) is 1. The molecule has 0 aliphatic rings. The number of carbonyl (C=O) groups is 2. The molecule has 3 rings (SSSR count). The highest BCUT2D eigenvalue weighted by Crippen LogP contribution is 2.23. The lowest BCUT2D eigenvalue weighted by Gasteiger charge is -2.20. The SMILES string of the molecule is Cc1cc(=O)oc2cc(OC(=O)C(NC(=O)OCc3ccccc3)C(C)C)ccc12. The number of rotatable bonds is 6. The fourth-order valence-electron chi connectivity index (χ4n) is 2.94. The number of hydrogen-bond donors (Lipinski definition) is 1. The van der Waals surface area contributed by atoms with E-state index >= 15 is 0 Å². The first kappa shape index (κ1) is 21.1. The van der Waals surface area contributed by atoms with E-state index in [-0.39, 0.29) is 18.3 Å². The summed E-state index contributed by atoms with van der Waals surface area (Å²) in [5.41, 5.74) is 1.44. The van der Waals surface area contributed by atoms with Gasteiger partial charge in [0, 0.05) is 17.5 Å². The minimum Gasteiger partial charge on any atom is -0.445 e. The normalized spacial score (nSPS) is 11.9. The van der Waals surface area contributed by atoms with Crippen LogP contribution in [-0.2, 0) is 16.1 Å². The predicted molar refractivity (Wildman–Crippen MR) is 111 cm³/mol. The number of aryl methyl sites for hydroxylation is 1. The number of esters is 1. The highest BCUT2D eigenvalue weighted by atomic mass is 16.6. The van der Waals surface area contributed by atoms with Crippen LogP contribution in [0.1, 0.15) is 25.0 Å². The molecule has 0 spiro atoms. The summed E-state index contributed by atoms with van der Waals surface area (Å²) >= 11 is 0. The molecule has 2 aromatic carbocycles. The molecule has 30 heavy (non-hydrogen) atoms. The van der Waals surface area contributed by atoms with E-state index in [4.69, 9.17) is 13.9 Å². The van der Waals surface area contributed by atoms with E-state index in [9.17, 15) is 14.4 Å². The van der Waals surface area contributed by atoms with Crippen LogP contribution >= 0.6 is 0 Å². The van der Waals surface area contributed by atoms with Crippen LogP contribution in [0.3, 0.4) is 0 Å². The zero-order valence-electron chi connectivity index (χ0n) is 17.0. The number of ether oxygens (including phenoxy) is 2. The number of fused-ring (bicyclic) bond motifs is 1. The van der Waals surface area contributed by atoms with Crippen molar-refractivity contribution in [2.24, 2.45) is 5.92 Å². The fourth-order valence-corrected chi connectivity index (χ4v) is 2.94. The lowest BCUT2D eigenvalue weighted by atomic mass is 10.1. The maximum absolute atomic E-state index is 12.6. The number of nitrogens with one attached hydrogen (secondary N) is 1. The first-order chi connectivity index (χ1) is 14.3. The Morgan fingerprint density at radius 2 is 1.80 bits per heavy atom. The van der Waals surface area contributed by atoms with Crippen molar-refractivity contribution >= 4 is 23.0 Å². The minimum absolute atomic E-state index is 0.0929. The maximum Gasteiger partial charge on any atom is 0.408 e. The van der Waals surface area contributed by atoms with Crippen molar-refractivity contribution in [2.45, 2.75) is 33.4 Å². The second kappa shape index (κ2) is 9.26. The Labute approximate surface area is 173 Å². The largest absolute Gasteiger partial charge is 0.445 e. The van der Waals surface area contributed by atoms with Gasteiger partial charge in [-0.25, -0.2) is 14.4 Å². The number of benzene rings is 2. The molecule has 0 radical (unpaired) electrons. The summed E-state index contributed by atoms with van der Waals surface area (Å²) in [7, 11) is 0. The molecule has 156 valence electrons. The zero-order valence-corrected chi connectivity index (χ0v) is 17.0. The van der Waals surface area contributed by atoms with Crippen molar-refractivity contribution in [2.75, 3.05) is 0 Å². The molecular weight excluding hydrogens is 386 g/mol. The van der Waals surface area contributed by atoms with Crippen LogP contribution in [0, 0.1) is 12.8 Å². The summed E-state index contributed by atoms with van der Waals surface area (Å²) < 4.78 is 15.8. The number of amides is 1. The Kier molecular flexibility index (Phi) is 6.51. The smallest absolute Gasteiger partial charge is 0.408 e. The van der Waals surface area contributed by atoms with Crippen molar-refractivity contribution in [1.82, 2.24) is 5.32 Å². The summed E-state index contributed by atoms with van der Waals surface area (Å²) in [6, 6.07) is 14.5. The van der Waals surface area contributed by atoms with E-state index in [2.05, 4.69) is 5.32 Å². The lowest BCUT2D eigenvalue weighted by Crippen LogP contribution is -2.46. The van der Waals surface area contributed by atoms with Crippen LogP contribution < -0.4 is 15.7 Å². The second-order valence-corrected chi connectivity index (χ2v) is 7.26. The van der Waals surface area contributed by atoms with E-state index in [1.807, 2.05) is 30.3 Å². The highest BCUT2D eigenvalue weighted by molar-refractivity contribution is 5.85. The summed E-state index contributed by atoms with van der Waals surface area (Å²) in [5, 5.41) is 3.30. The van der Waals surface area contributed by atoms with Crippen molar-refractivity contribution in [3.8, 4) is 5.75 Å². The first-order valence-corrected chi connectivity index (χ1v) is 9.57. The average Bonchev–Trinajstić information content (AvgIpc) is 2.70. The summed E-state index contributed by atoms with van der Waals surface area (Å²) in [6.07, 6.45) is -0.713. The fraction of sp³-hybridized carbons (Fsp3) is 0.261. The summed E-state index contributed by atoms with van der Waals surface area (Å²) in [6.45, 7) is 5.46. The van der Waals surface area contributed by atoms with Gasteiger partial charge >= 0.3 is 17.7 Å². The van der Waals surface area contributed by atoms with Crippen molar-refractivity contribution in [1.29, 1.82) is 0 Å². The van der Waals surface area contributed by atoms with Gasteiger partial charge in [-0.05, 0) is 36.1 Å². The van der Waals surface area contributed by atoms with Crippen LogP contribution in [0.5, 0.6) is 5.75 Å². The van der Waals surface area contributed by atoms with E-state index in [1.54, 1.807) is 32.9 Å². The molecule has 1 atom stereocenters. The third-order valence-electron chi connectivity index (χ3n) is 4.55. The highest BCUT2D eigenvalue weighted by Gasteiger charge is 2.27. The number of hydrogen-bond acceptors (Lipinski definition) is 6.